The molecule has 0 bridgehead atoms. The van der Waals surface area contributed by atoms with E-state index >= 15 is 0 Å². The maximum atomic E-state index is 12.1. The van der Waals surface area contributed by atoms with Gasteiger partial charge in [-0.3, -0.25) is 9.59 Å². The summed E-state index contributed by atoms with van der Waals surface area (Å²) in [5.74, 6) is 0.0713. The summed E-state index contributed by atoms with van der Waals surface area (Å²) in [6.07, 6.45) is 3.99. The lowest BCUT2D eigenvalue weighted by molar-refractivity contribution is -0.132. The summed E-state index contributed by atoms with van der Waals surface area (Å²) >= 11 is 3.32. The largest absolute Gasteiger partial charge is 0.341 e. The third-order valence-corrected chi connectivity index (χ3v) is 3.79. The highest BCUT2D eigenvalue weighted by Gasteiger charge is 2.20. The standard InChI is InChI=1S/C13H18BrN3O2/c14-10-3-4-12(18)17(8-10)7-5-13(19)16-6-1-2-11(15)9-16/h3-4,8,11H,1-2,5-7,9,15H2/t11-/m1/s1. The van der Waals surface area contributed by atoms with Gasteiger partial charge in [0.15, 0.2) is 0 Å². The zero-order valence-electron chi connectivity index (χ0n) is 10.7. The van der Waals surface area contributed by atoms with Crippen LogP contribution in [0.3, 0.4) is 0 Å². The maximum absolute atomic E-state index is 12.1. The van der Waals surface area contributed by atoms with Crippen molar-refractivity contribution in [3.8, 4) is 0 Å². The molecule has 0 aromatic carbocycles. The van der Waals surface area contributed by atoms with Crippen LogP contribution in [-0.2, 0) is 11.3 Å². The fraction of sp³-hybridized carbons (Fsp3) is 0.538. The van der Waals surface area contributed by atoms with Crippen LogP contribution in [0.4, 0.5) is 0 Å². The molecule has 1 aromatic rings. The molecule has 0 unspecified atom stereocenters. The average Bonchev–Trinajstić information content (AvgIpc) is 2.39. The van der Waals surface area contributed by atoms with Crippen molar-refractivity contribution in [1.29, 1.82) is 0 Å². The molecule has 1 saturated heterocycles. The Morgan fingerprint density at radius 3 is 3.00 bits per heavy atom. The quantitative estimate of drug-likeness (QED) is 0.898. The highest BCUT2D eigenvalue weighted by molar-refractivity contribution is 9.10. The second kappa shape index (κ2) is 6.34. The molecule has 1 fully saturated rings. The Hall–Kier alpha value is -1.14. The molecule has 6 heteroatoms. The second-order valence-electron chi connectivity index (χ2n) is 4.87. The van der Waals surface area contributed by atoms with Crippen molar-refractivity contribution in [1.82, 2.24) is 9.47 Å². The predicted octanol–water partition coefficient (Wildman–Crippen LogP) is 0.951. The monoisotopic (exact) mass is 327 g/mol. The summed E-state index contributed by atoms with van der Waals surface area (Å²) in [4.78, 5) is 25.5. The van der Waals surface area contributed by atoms with E-state index in [1.807, 2.05) is 0 Å². The van der Waals surface area contributed by atoms with E-state index in [2.05, 4.69) is 15.9 Å². The molecule has 1 aromatic heterocycles. The van der Waals surface area contributed by atoms with Gasteiger partial charge in [-0.2, -0.15) is 0 Å². The highest BCUT2D eigenvalue weighted by atomic mass is 79.9. The Kier molecular flexibility index (Phi) is 4.76. The number of aromatic nitrogens is 1. The lowest BCUT2D eigenvalue weighted by Crippen LogP contribution is -2.46. The van der Waals surface area contributed by atoms with Crippen LogP contribution in [0.2, 0.25) is 0 Å². The number of rotatable bonds is 3. The topological polar surface area (TPSA) is 68.3 Å². The van der Waals surface area contributed by atoms with Crippen molar-refractivity contribution < 1.29 is 4.79 Å². The van der Waals surface area contributed by atoms with Crippen molar-refractivity contribution in [3.05, 3.63) is 33.2 Å². The van der Waals surface area contributed by atoms with Gasteiger partial charge in [0.1, 0.15) is 0 Å². The molecule has 1 aliphatic rings. The van der Waals surface area contributed by atoms with Gasteiger partial charge in [-0.05, 0) is 34.8 Å². The van der Waals surface area contributed by atoms with Gasteiger partial charge < -0.3 is 15.2 Å². The van der Waals surface area contributed by atoms with Gasteiger partial charge in [-0.1, -0.05) is 0 Å². The molecule has 1 amide bonds. The minimum Gasteiger partial charge on any atom is -0.341 e. The number of likely N-dealkylation sites (tertiary alicyclic amines) is 1. The number of hydrogen-bond acceptors (Lipinski definition) is 3. The van der Waals surface area contributed by atoms with Gasteiger partial charge in [-0.25, -0.2) is 0 Å². The average molecular weight is 328 g/mol. The van der Waals surface area contributed by atoms with Gasteiger partial charge in [0, 0.05) is 48.8 Å². The molecule has 2 N–H and O–H groups in total. The number of nitrogens with zero attached hydrogens (tertiary/aromatic N) is 2. The van der Waals surface area contributed by atoms with Crippen molar-refractivity contribution in [2.75, 3.05) is 13.1 Å². The van der Waals surface area contributed by atoms with Crippen LogP contribution in [0, 0.1) is 0 Å². The van der Waals surface area contributed by atoms with Gasteiger partial charge in [0.25, 0.3) is 5.56 Å². The van der Waals surface area contributed by atoms with Gasteiger partial charge in [0.05, 0.1) is 0 Å². The summed E-state index contributed by atoms with van der Waals surface area (Å²) < 4.78 is 2.38. The lowest BCUT2D eigenvalue weighted by Gasteiger charge is -2.30. The number of aryl methyl sites for hydroxylation is 1. The molecule has 0 aliphatic carbocycles. The third-order valence-electron chi connectivity index (χ3n) is 3.32. The van der Waals surface area contributed by atoms with E-state index in [1.165, 1.54) is 6.07 Å². The fourth-order valence-corrected chi connectivity index (χ4v) is 2.67. The van der Waals surface area contributed by atoms with Crippen molar-refractivity contribution in [2.45, 2.75) is 31.8 Å². The Labute approximate surface area is 120 Å². The Morgan fingerprint density at radius 1 is 1.47 bits per heavy atom. The second-order valence-corrected chi connectivity index (χ2v) is 5.79. The molecule has 0 radical (unpaired) electrons. The summed E-state index contributed by atoms with van der Waals surface area (Å²) in [6.45, 7) is 1.81. The first-order valence-corrected chi connectivity index (χ1v) is 7.25. The predicted molar refractivity (Wildman–Crippen MR) is 76.8 cm³/mol. The first-order chi connectivity index (χ1) is 9.06. The van der Waals surface area contributed by atoms with Crippen LogP contribution in [0.5, 0.6) is 0 Å². The number of amides is 1. The van der Waals surface area contributed by atoms with Crippen molar-refractivity contribution in [3.63, 3.8) is 0 Å². The van der Waals surface area contributed by atoms with E-state index in [-0.39, 0.29) is 17.5 Å². The molecular formula is C13H18BrN3O2. The number of nitrogens with two attached hydrogens (primary N) is 1. The zero-order chi connectivity index (χ0) is 13.8. The highest BCUT2D eigenvalue weighted by Crippen LogP contribution is 2.10. The lowest BCUT2D eigenvalue weighted by atomic mass is 10.1. The zero-order valence-corrected chi connectivity index (χ0v) is 12.3. The van der Waals surface area contributed by atoms with Crippen LogP contribution >= 0.6 is 15.9 Å². The number of halogens is 1. The van der Waals surface area contributed by atoms with Crippen LogP contribution in [0.15, 0.2) is 27.6 Å². The van der Waals surface area contributed by atoms with E-state index in [0.29, 0.717) is 19.5 Å². The number of carbonyl (C=O) groups is 1. The third kappa shape index (κ3) is 3.91. The van der Waals surface area contributed by atoms with Gasteiger partial charge in [0.2, 0.25) is 5.91 Å². The molecule has 19 heavy (non-hydrogen) atoms. The maximum Gasteiger partial charge on any atom is 0.250 e. The van der Waals surface area contributed by atoms with E-state index in [4.69, 9.17) is 5.73 Å². The molecule has 2 rings (SSSR count). The SMILES string of the molecule is N[C@@H]1CCCN(C(=O)CCn2cc(Br)ccc2=O)C1. The number of carbonyl (C=O) groups excluding carboxylic acids is 1. The first kappa shape index (κ1) is 14.3. The number of hydrogen-bond donors (Lipinski definition) is 1. The Balaban J connectivity index is 1.93. The summed E-state index contributed by atoms with van der Waals surface area (Å²) in [6, 6.07) is 3.28. The van der Waals surface area contributed by atoms with E-state index in [1.54, 1.807) is 21.7 Å². The Bertz CT molecular complexity index is 515. The number of pyridine rings is 1. The summed E-state index contributed by atoms with van der Waals surface area (Å²) in [5.41, 5.74) is 5.77. The minimum atomic E-state index is -0.0913. The molecule has 0 saturated carbocycles. The minimum absolute atomic E-state index is 0.0713. The summed E-state index contributed by atoms with van der Waals surface area (Å²) in [7, 11) is 0. The molecule has 5 nitrogen and oxygen atoms in total. The van der Waals surface area contributed by atoms with Gasteiger partial charge in [-0.15, -0.1) is 0 Å². The fourth-order valence-electron chi connectivity index (χ4n) is 2.29. The van der Waals surface area contributed by atoms with Gasteiger partial charge >= 0.3 is 0 Å². The first-order valence-electron chi connectivity index (χ1n) is 6.45. The normalized spacial score (nSPS) is 19.5. The van der Waals surface area contributed by atoms with Crippen molar-refractivity contribution in [2.24, 2.45) is 5.73 Å². The van der Waals surface area contributed by atoms with Crippen LogP contribution in [0.25, 0.3) is 0 Å². The molecule has 1 atom stereocenters. The Morgan fingerprint density at radius 2 is 2.26 bits per heavy atom. The van der Waals surface area contributed by atoms with Crippen LogP contribution in [-0.4, -0.2) is 34.5 Å². The van der Waals surface area contributed by atoms with Crippen molar-refractivity contribution >= 4 is 21.8 Å². The van der Waals surface area contributed by atoms with Crippen LogP contribution < -0.4 is 11.3 Å². The van der Waals surface area contributed by atoms with E-state index in [0.717, 1.165) is 23.9 Å². The van der Waals surface area contributed by atoms with Crippen LogP contribution in [0.1, 0.15) is 19.3 Å². The number of piperidine rings is 1. The molecular weight excluding hydrogens is 310 g/mol. The summed E-state index contributed by atoms with van der Waals surface area (Å²) in [5, 5.41) is 0. The molecule has 1 aliphatic heterocycles. The molecule has 2 heterocycles. The van der Waals surface area contributed by atoms with E-state index < -0.39 is 0 Å². The van der Waals surface area contributed by atoms with E-state index in [9.17, 15) is 9.59 Å². The smallest absolute Gasteiger partial charge is 0.250 e. The molecule has 104 valence electrons. The molecule has 0 spiro atoms.